The van der Waals surface area contributed by atoms with Crippen molar-refractivity contribution < 1.29 is 20.6 Å². The molecule has 1 saturated heterocycles. The maximum absolute atomic E-state index is 6.27. The van der Waals surface area contributed by atoms with Crippen LogP contribution in [0.2, 0.25) is 58.9 Å². The largest absolute Gasteiger partial charge is 0.418 e. The van der Waals surface area contributed by atoms with Gasteiger partial charge in [0.15, 0.2) is 0 Å². The van der Waals surface area contributed by atoms with Gasteiger partial charge in [0.1, 0.15) is 0 Å². The molecule has 0 atom stereocenters. The number of rotatable bonds is 0. The van der Waals surface area contributed by atoms with E-state index in [-0.39, 0.29) is 0 Å². The third-order valence-corrected chi connectivity index (χ3v) is 21.4. The standard InChI is InChI=1S/C9H28O5Si5/c1-15-10-16(2,3)12-18(6,7)14-19(8,9)13-17(4,5)11-15/h15H,1-9H3. The van der Waals surface area contributed by atoms with Crippen LogP contribution >= 0.6 is 0 Å². The van der Waals surface area contributed by atoms with Crippen molar-refractivity contribution in [1.29, 1.82) is 0 Å². The summed E-state index contributed by atoms with van der Waals surface area (Å²) in [4.78, 5) is 0. The molecule has 1 heterocycles. The Hall–Kier alpha value is 0.884. The van der Waals surface area contributed by atoms with Crippen molar-refractivity contribution in [2.45, 2.75) is 58.9 Å². The molecule has 0 aromatic carbocycles. The van der Waals surface area contributed by atoms with Crippen molar-refractivity contribution in [3.8, 4) is 0 Å². The molecule has 1 rings (SSSR count). The SMILES string of the molecule is C[SiH]1O[Si](C)(C)O[Si](C)(C)O[Si](C)(C)O[Si](C)(C)O1. The third kappa shape index (κ3) is 6.45. The highest BCUT2D eigenvalue weighted by Gasteiger charge is 2.47. The Bertz CT molecular complexity index is 303. The predicted octanol–water partition coefficient (Wildman–Crippen LogP) is 2.74. The predicted molar refractivity (Wildman–Crippen MR) is 88.4 cm³/mol. The maximum Gasteiger partial charge on any atom is 0.314 e. The van der Waals surface area contributed by atoms with Crippen LogP contribution in [-0.4, -0.2) is 43.5 Å². The first-order chi connectivity index (χ1) is 8.22. The smallest absolute Gasteiger partial charge is 0.314 e. The molecule has 19 heavy (non-hydrogen) atoms. The zero-order chi connectivity index (χ0) is 15.1. The summed E-state index contributed by atoms with van der Waals surface area (Å²) in [6.07, 6.45) is 0. The second kappa shape index (κ2) is 5.59. The second-order valence-corrected chi connectivity index (χ2v) is 23.4. The summed E-state index contributed by atoms with van der Waals surface area (Å²) in [5, 5.41) is 0. The van der Waals surface area contributed by atoms with E-state index in [4.69, 9.17) is 20.6 Å². The minimum absolute atomic E-state index is 1.72. The van der Waals surface area contributed by atoms with Crippen LogP contribution in [0.3, 0.4) is 0 Å². The number of hydrogen-bond donors (Lipinski definition) is 0. The first-order valence-corrected chi connectivity index (χ1v) is 20.0. The first-order valence-electron chi connectivity index (χ1n) is 6.68. The maximum atomic E-state index is 6.27. The van der Waals surface area contributed by atoms with Crippen LogP contribution in [0.1, 0.15) is 0 Å². The van der Waals surface area contributed by atoms with Crippen molar-refractivity contribution in [2.75, 3.05) is 0 Å². The van der Waals surface area contributed by atoms with Gasteiger partial charge >= 0.3 is 43.5 Å². The Morgan fingerprint density at radius 2 is 0.789 bits per heavy atom. The molecule has 114 valence electrons. The third-order valence-electron chi connectivity index (χ3n) is 2.37. The molecule has 1 fully saturated rings. The summed E-state index contributed by atoms with van der Waals surface area (Å²) >= 11 is 0. The Labute approximate surface area is 123 Å². The molecule has 1 aliphatic rings. The lowest BCUT2D eigenvalue weighted by Gasteiger charge is -2.43. The minimum atomic E-state index is -2.23. The Balaban J connectivity index is 3.03. The molecule has 0 radical (unpaired) electrons. The van der Waals surface area contributed by atoms with Gasteiger partial charge in [0, 0.05) is 0 Å². The average Bonchev–Trinajstić information content (AvgIpc) is 1.87. The molecule has 0 aliphatic carbocycles. The van der Waals surface area contributed by atoms with Crippen molar-refractivity contribution >= 4 is 43.5 Å². The number of hydrogen-bond acceptors (Lipinski definition) is 5. The molecule has 0 saturated carbocycles. The first kappa shape index (κ1) is 17.9. The van der Waals surface area contributed by atoms with Gasteiger partial charge in [-0.1, -0.05) is 0 Å². The molecule has 0 N–H and O–H groups in total. The lowest BCUT2D eigenvalue weighted by molar-refractivity contribution is 0.249. The molecular weight excluding hydrogens is 329 g/mol. The summed E-state index contributed by atoms with van der Waals surface area (Å²) in [5.74, 6) is 0. The molecule has 0 aromatic rings. The van der Waals surface area contributed by atoms with Crippen LogP contribution in [0.25, 0.3) is 0 Å². The van der Waals surface area contributed by atoms with E-state index < -0.39 is 43.5 Å². The highest BCUT2D eigenvalue weighted by molar-refractivity contribution is 6.90. The van der Waals surface area contributed by atoms with E-state index in [9.17, 15) is 0 Å². The van der Waals surface area contributed by atoms with Gasteiger partial charge in [-0.3, -0.25) is 0 Å². The normalized spacial score (nSPS) is 30.8. The average molecular weight is 357 g/mol. The second-order valence-electron chi connectivity index (χ2n) is 6.71. The Morgan fingerprint density at radius 3 is 1.11 bits per heavy atom. The Morgan fingerprint density at radius 1 is 0.526 bits per heavy atom. The lowest BCUT2D eigenvalue weighted by atomic mass is 11.9. The lowest BCUT2D eigenvalue weighted by Crippen LogP contribution is -2.61. The van der Waals surface area contributed by atoms with Gasteiger partial charge in [0.2, 0.25) is 0 Å². The summed E-state index contributed by atoms with van der Waals surface area (Å²) < 4.78 is 31.0. The zero-order valence-electron chi connectivity index (χ0n) is 13.6. The van der Waals surface area contributed by atoms with Gasteiger partial charge < -0.3 is 20.6 Å². The minimum Gasteiger partial charge on any atom is -0.418 e. The molecule has 1 aliphatic heterocycles. The summed E-state index contributed by atoms with van der Waals surface area (Å²) in [6.45, 7) is 18.7. The van der Waals surface area contributed by atoms with Gasteiger partial charge in [0.25, 0.3) is 0 Å². The molecule has 0 unspecified atom stereocenters. The fraction of sp³-hybridized carbons (Fsp3) is 1.00. The van der Waals surface area contributed by atoms with Crippen molar-refractivity contribution in [1.82, 2.24) is 0 Å². The van der Waals surface area contributed by atoms with Crippen LogP contribution < -0.4 is 0 Å². The van der Waals surface area contributed by atoms with Crippen molar-refractivity contribution in [2.24, 2.45) is 0 Å². The molecular formula is C9H28O5Si5. The summed E-state index contributed by atoms with van der Waals surface area (Å²) in [6, 6.07) is 0. The van der Waals surface area contributed by atoms with E-state index >= 15 is 0 Å². The topological polar surface area (TPSA) is 46.2 Å². The van der Waals surface area contributed by atoms with Crippen molar-refractivity contribution in [3.05, 3.63) is 0 Å². The van der Waals surface area contributed by atoms with Crippen LogP contribution in [-0.2, 0) is 20.6 Å². The van der Waals surface area contributed by atoms with Gasteiger partial charge in [0.05, 0.1) is 0 Å². The molecule has 5 nitrogen and oxygen atoms in total. The van der Waals surface area contributed by atoms with Crippen LogP contribution in [0.15, 0.2) is 0 Å². The van der Waals surface area contributed by atoms with Gasteiger partial charge in [-0.15, -0.1) is 0 Å². The van der Waals surface area contributed by atoms with Gasteiger partial charge in [-0.25, -0.2) is 0 Å². The van der Waals surface area contributed by atoms with E-state index in [1.54, 1.807) is 0 Å². The molecule has 10 heteroatoms. The van der Waals surface area contributed by atoms with E-state index in [1.165, 1.54) is 0 Å². The van der Waals surface area contributed by atoms with Crippen LogP contribution in [0.4, 0.5) is 0 Å². The molecule has 0 bridgehead atoms. The summed E-state index contributed by atoms with van der Waals surface area (Å²) in [7, 11) is -10.6. The van der Waals surface area contributed by atoms with E-state index in [0.29, 0.717) is 0 Å². The summed E-state index contributed by atoms with van der Waals surface area (Å²) in [5.41, 5.74) is 0. The van der Waals surface area contributed by atoms with E-state index in [1.807, 2.05) is 0 Å². The van der Waals surface area contributed by atoms with Crippen molar-refractivity contribution in [3.63, 3.8) is 0 Å². The quantitative estimate of drug-likeness (QED) is 0.625. The molecule has 0 amide bonds. The highest BCUT2D eigenvalue weighted by atomic mass is 28.5. The van der Waals surface area contributed by atoms with Gasteiger partial charge in [-0.2, -0.15) is 0 Å². The van der Waals surface area contributed by atoms with Crippen LogP contribution in [0, 0.1) is 0 Å². The highest BCUT2D eigenvalue weighted by Crippen LogP contribution is 2.27. The van der Waals surface area contributed by atoms with Crippen LogP contribution in [0.5, 0.6) is 0 Å². The monoisotopic (exact) mass is 356 g/mol. The molecule has 0 aromatic heterocycles. The fourth-order valence-corrected chi connectivity index (χ4v) is 26.2. The Kier molecular flexibility index (Phi) is 5.27. The van der Waals surface area contributed by atoms with E-state index in [2.05, 4.69) is 58.9 Å². The fourth-order valence-electron chi connectivity index (χ4n) is 2.69. The van der Waals surface area contributed by atoms with E-state index in [0.717, 1.165) is 0 Å². The molecule has 0 spiro atoms. The van der Waals surface area contributed by atoms with Gasteiger partial charge in [-0.05, 0) is 58.9 Å². The zero-order valence-corrected chi connectivity index (χ0v) is 18.8.